The number of hydrogen-bond donors (Lipinski definition) is 1. The van der Waals surface area contributed by atoms with Gasteiger partial charge in [-0.1, -0.05) is 24.3 Å². The molecule has 0 heterocycles. The fourth-order valence-corrected chi connectivity index (χ4v) is 2.97. The van der Waals surface area contributed by atoms with Crippen LogP contribution in [0.2, 0.25) is 0 Å². The smallest absolute Gasteiger partial charge is 0.266 e. The van der Waals surface area contributed by atoms with E-state index in [1.54, 1.807) is 26.4 Å². The molecule has 0 bridgehead atoms. The van der Waals surface area contributed by atoms with Gasteiger partial charge >= 0.3 is 0 Å². The summed E-state index contributed by atoms with van der Waals surface area (Å²) in [6.45, 7) is 1.94. The molecule has 0 fully saturated rings. The second-order valence-electron chi connectivity index (χ2n) is 6.26. The Morgan fingerprint density at radius 1 is 1.07 bits per heavy atom. The first-order valence-corrected chi connectivity index (χ1v) is 8.70. The highest BCUT2D eigenvalue weighted by Crippen LogP contribution is 2.32. The molecular weight excluding hydrogens is 352 g/mol. The van der Waals surface area contributed by atoms with Gasteiger partial charge in [-0.3, -0.25) is 4.79 Å². The van der Waals surface area contributed by atoms with Crippen LogP contribution < -0.4 is 14.8 Å². The minimum Gasteiger partial charge on any atom is -0.497 e. The normalized spacial score (nSPS) is 11.0. The van der Waals surface area contributed by atoms with E-state index in [0.717, 1.165) is 16.3 Å². The van der Waals surface area contributed by atoms with E-state index in [2.05, 4.69) is 5.32 Å². The molecule has 0 aliphatic heterocycles. The van der Waals surface area contributed by atoms with Crippen molar-refractivity contribution in [1.82, 2.24) is 0 Å². The van der Waals surface area contributed by atoms with Gasteiger partial charge in [0.1, 0.15) is 23.1 Å². The first-order chi connectivity index (χ1) is 13.5. The SMILES string of the molecule is COc1ccc2ccc(OC)c(/C=C(\C#N)C(=O)Nc3cccc(C)c3)c2c1. The van der Waals surface area contributed by atoms with Crippen molar-refractivity contribution in [3.63, 3.8) is 0 Å². The number of nitrogens with zero attached hydrogens (tertiary/aromatic N) is 1. The maximum Gasteiger partial charge on any atom is 0.266 e. The van der Waals surface area contributed by atoms with Crippen LogP contribution in [0.4, 0.5) is 5.69 Å². The van der Waals surface area contributed by atoms with Gasteiger partial charge in [0.25, 0.3) is 5.91 Å². The minimum absolute atomic E-state index is 0.0184. The summed E-state index contributed by atoms with van der Waals surface area (Å²) in [5.74, 6) is 0.769. The molecule has 1 N–H and O–H groups in total. The number of methoxy groups -OCH3 is 2. The number of carbonyl (C=O) groups excluding carboxylic acids is 1. The van der Waals surface area contributed by atoms with Crippen LogP contribution in [-0.2, 0) is 4.79 Å². The number of nitrogens with one attached hydrogen (secondary N) is 1. The summed E-state index contributed by atoms with van der Waals surface area (Å²) in [7, 11) is 3.14. The van der Waals surface area contributed by atoms with Gasteiger partial charge in [0.05, 0.1) is 14.2 Å². The van der Waals surface area contributed by atoms with Crippen molar-refractivity contribution in [2.45, 2.75) is 6.92 Å². The van der Waals surface area contributed by atoms with Crippen molar-refractivity contribution in [3.05, 3.63) is 71.3 Å². The Balaban J connectivity index is 2.07. The van der Waals surface area contributed by atoms with E-state index in [1.807, 2.05) is 61.5 Å². The van der Waals surface area contributed by atoms with Crippen LogP contribution in [0.25, 0.3) is 16.8 Å². The van der Waals surface area contributed by atoms with Crippen molar-refractivity contribution in [2.24, 2.45) is 0 Å². The van der Waals surface area contributed by atoms with Gasteiger partial charge in [-0.25, -0.2) is 0 Å². The number of ether oxygens (including phenoxy) is 2. The number of aryl methyl sites for hydroxylation is 1. The molecular formula is C23H20N2O3. The maximum atomic E-state index is 12.7. The van der Waals surface area contributed by atoms with Crippen molar-refractivity contribution < 1.29 is 14.3 Å². The Labute approximate surface area is 163 Å². The first kappa shape index (κ1) is 19.0. The lowest BCUT2D eigenvalue weighted by molar-refractivity contribution is -0.112. The van der Waals surface area contributed by atoms with E-state index in [-0.39, 0.29) is 5.57 Å². The number of nitriles is 1. The lowest BCUT2D eigenvalue weighted by atomic mass is 10.0. The summed E-state index contributed by atoms with van der Waals surface area (Å²) < 4.78 is 10.8. The third-order valence-corrected chi connectivity index (χ3v) is 4.38. The number of hydrogen-bond acceptors (Lipinski definition) is 4. The zero-order valence-corrected chi connectivity index (χ0v) is 15.9. The van der Waals surface area contributed by atoms with Crippen LogP contribution in [0.1, 0.15) is 11.1 Å². The zero-order chi connectivity index (χ0) is 20.1. The summed E-state index contributed by atoms with van der Waals surface area (Å²) >= 11 is 0. The van der Waals surface area contributed by atoms with Crippen molar-refractivity contribution in [3.8, 4) is 17.6 Å². The van der Waals surface area contributed by atoms with Gasteiger partial charge in [-0.15, -0.1) is 0 Å². The Bertz CT molecular complexity index is 1110. The van der Waals surface area contributed by atoms with Crippen LogP contribution >= 0.6 is 0 Å². The Kier molecular flexibility index (Phi) is 5.61. The Morgan fingerprint density at radius 2 is 1.86 bits per heavy atom. The van der Waals surface area contributed by atoms with Gasteiger partial charge in [0.15, 0.2) is 0 Å². The van der Waals surface area contributed by atoms with Crippen LogP contribution in [0.15, 0.2) is 60.2 Å². The molecule has 0 aromatic heterocycles. The third-order valence-electron chi connectivity index (χ3n) is 4.38. The number of amides is 1. The quantitative estimate of drug-likeness (QED) is 0.520. The molecule has 5 heteroatoms. The average Bonchev–Trinajstić information content (AvgIpc) is 2.71. The van der Waals surface area contributed by atoms with E-state index in [4.69, 9.17) is 9.47 Å². The largest absolute Gasteiger partial charge is 0.497 e. The molecule has 3 rings (SSSR count). The van der Waals surface area contributed by atoms with Gasteiger partial charge in [-0.2, -0.15) is 5.26 Å². The Hall–Kier alpha value is -3.78. The molecule has 0 aliphatic carbocycles. The summed E-state index contributed by atoms with van der Waals surface area (Å²) in [6.07, 6.45) is 1.55. The molecule has 0 atom stereocenters. The lowest BCUT2D eigenvalue weighted by Gasteiger charge is -2.11. The van der Waals surface area contributed by atoms with Crippen LogP contribution in [0.3, 0.4) is 0 Å². The second kappa shape index (κ2) is 8.28. The van der Waals surface area contributed by atoms with Crippen LogP contribution in [0, 0.1) is 18.3 Å². The molecule has 3 aromatic rings. The van der Waals surface area contributed by atoms with Crippen molar-refractivity contribution in [2.75, 3.05) is 19.5 Å². The molecule has 0 radical (unpaired) electrons. The predicted molar refractivity (Wildman–Crippen MR) is 110 cm³/mol. The standard InChI is InChI=1S/C23H20N2O3/c1-15-5-4-6-18(11-15)25-23(26)17(14-24)12-21-20-13-19(27-2)9-7-16(20)8-10-22(21)28-3/h4-13H,1-3H3,(H,25,26)/b17-12+. The van der Waals surface area contributed by atoms with Gasteiger partial charge in [0, 0.05) is 11.3 Å². The van der Waals surface area contributed by atoms with E-state index < -0.39 is 5.91 Å². The van der Waals surface area contributed by atoms with Gasteiger partial charge in [0.2, 0.25) is 0 Å². The minimum atomic E-state index is -0.477. The first-order valence-electron chi connectivity index (χ1n) is 8.70. The molecule has 1 amide bonds. The topological polar surface area (TPSA) is 71.3 Å². The second-order valence-corrected chi connectivity index (χ2v) is 6.26. The van der Waals surface area contributed by atoms with Gasteiger partial charge < -0.3 is 14.8 Å². The molecule has 28 heavy (non-hydrogen) atoms. The maximum absolute atomic E-state index is 12.7. The van der Waals surface area contributed by atoms with E-state index in [0.29, 0.717) is 22.7 Å². The molecule has 0 unspecified atom stereocenters. The number of benzene rings is 3. The van der Waals surface area contributed by atoms with E-state index >= 15 is 0 Å². The van der Waals surface area contributed by atoms with E-state index in [1.165, 1.54) is 0 Å². The molecule has 0 saturated carbocycles. The molecule has 0 saturated heterocycles. The van der Waals surface area contributed by atoms with Crippen LogP contribution in [0.5, 0.6) is 11.5 Å². The summed E-state index contributed by atoms with van der Waals surface area (Å²) in [5.41, 5.74) is 2.28. The third kappa shape index (κ3) is 3.97. The highest BCUT2D eigenvalue weighted by molar-refractivity contribution is 6.11. The number of rotatable bonds is 5. The molecule has 3 aromatic carbocycles. The fraction of sp³-hybridized carbons (Fsp3) is 0.130. The molecule has 0 aliphatic rings. The zero-order valence-electron chi connectivity index (χ0n) is 15.9. The fourth-order valence-electron chi connectivity index (χ4n) is 2.97. The van der Waals surface area contributed by atoms with Crippen molar-refractivity contribution >= 4 is 28.4 Å². The van der Waals surface area contributed by atoms with Crippen molar-refractivity contribution in [1.29, 1.82) is 5.26 Å². The lowest BCUT2D eigenvalue weighted by Crippen LogP contribution is -2.13. The monoisotopic (exact) mass is 372 g/mol. The number of anilines is 1. The average molecular weight is 372 g/mol. The highest BCUT2D eigenvalue weighted by Gasteiger charge is 2.14. The number of carbonyl (C=O) groups is 1. The van der Waals surface area contributed by atoms with Crippen LogP contribution in [-0.4, -0.2) is 20.1 Å². The molecule has 140 valence electrons. The highest BCUT2D eigenvalue weighted by atomic mass is 16.5. The van der Waals surface area contributed by atoms with Gasteiger partial charge in [-0.05, 0) is 59.7 Å². The molecule has 0 spiro atoms. The predicted octanol–water partition coefficient (Wildman–Crippen LogP) is 4.71. The van der Waals surface area contributed by atoms with E-state index in [9.17, 15) is 10.1 Å². The summed E-state index contributed by atoms with van der Waals surface area (Å²) in [5, 5.41) is 14.1. The summed E-state index contributed by atoms with van der Waals surface area (Å²) in [4.78, 5) is 12.7. The summed E-state index contributed by atoms with van der Waals surface area (Å²) in [6, 6.07) is 18.8. The molecule has 5 nitrogen and oxygen atoms in total. The number of fused-ring (bicyclic) bond motifs is 1. The Morgan fingerprint density at radius 3 is 2.54 bits per heavy atom.